The molecule has 2 amide bonds. The highest BCUT2D eigenvalue weighted by molar-refractivity contribution is 7.89. The van der Waals surface area contributed by atoms with Gasteiger partial charge in [-0.05, 0) is 25.5 Å². The van der Waals surface area contributed by atoms with Crippen LogP contribution in [0.2, 0.25) is 0 Å². The summed E-state index contributed by atoms with van der Waals surface area (Å²) in [5.74, 6) is -1.66. The summed E-state index contributed by atoms with van der Waals surface area (Å²) >= 11 is 0. The first-order valence-corrected chi connectivity index (χ1v) is 9.67. The third-order valence-electron chi connectivity index (χ3n) is 3.83. The molecule has 1 aliphatic rings. The van der Waals surface area contributed by atoms with Crippen LogP contribution >= 0.6 is 0 Å². The molecule has 1 aromatic rings. The number of carbonyl (C=O) groups excluding carboxylic acids is 2. The third kappa shape index (κ3) is 4.90. The lowest BCUT2D eigenvalue weighted by atomic mass is 10.2. The Hall–Kier alpha value is -2.23. The van der Waals surface area contributed by atoms with Gasteiger partial charge >= 0.3 is 11.8 Å². The Morgan fingerprint density at radius 3 is 2.58 bits per heavy atom. The third-order valence-corrected chi connectivity index (χ3v) is 5.74. The molecule has 2 N–H and O–H groups in total. The summed E-state index contributed by atoms with van der Waals surface area (Å²) in [7, 11) is -3.77. The quantitative estimate of drug-likeness (QED) is 0.539. The summed E-state index contributed by atoms with van der Waals surface area (Å²) in [6.07, 6.45) is 1.13. The van der Waals surface area contributed by atoms with Gasteiger partial charge in [-0.1, -0.05) is 23.8 Å². The molecule has 2 rings (SSSR count). The molecule has 0 saturated carbocycles. The van der Waals surface area contributed by atoms with Gasteiger partial charge in [0.2, 0.25) is 10.0 Å². The molecule has 26 heavy (non-hydrogen) atoms. The highest BCUT2D eigenvalue weighted by Gasteiger charge is 2.34. The molecule has 1 saturated heterocycles. The number of aryl methyl sites for hydroxylation is 1. The van der Waals surface area contributed by atoms with Crippen molar-refractivity contribution in [1.82, 2.24) is 14.9 Å². The summed E-state index contributed by atoms with van der Waals surface area (Å²) in [6.45, 7) is 6.02. The van der Waals surface area contributed by atoms with Crippen molar-refractivity contribution in [3.63, 3.8) is 0 Å². The molecule has 8 nitrogen and oxygen atoms in total. The second-order valence-electron chi connectivity index (χ2n) is 5.82. The van der Waals surface area contributed by atoms with Gasteiger partial charge in [-0.25, -0.2) is 8.42 Å². The van der Waals surface area contributed by atoms with Crippen LogP contribution < -0.4 is 10.6 Å². The number of amides is 2. The number of ether oxygens (including phenoxy) is 1. The van der Waals surface area contributed by atoms with Crippen LogP contribution in [0.5, 0.6) is 0 Å². The first-order chi connectivity index (χ1) is 12.4. The van der Waals surface area contributed by atoms with Gasteiger partial charge in [0, 0.05) is 13.1 Å². The summed E-state index contributed by atoms with van der Waals surface area (Å²) in [5, 5.41) is 4.76. The first-order valence-electron chi connectivity index (χ1n) is 8.23. The van der Waals surface area contributed by atoms with Crippen LogP contribution in [0.3, 0.4) is 0 Å². The maximum absolute atomic E-state index is 12.9. The predicted molar refractivity (Wildman–Crippen MR) is 95.6 cm³/mol. The van der Waals surface area contributed by atoms with Crippen LogP contribution in [-0.2, 0) is 24.3 Å². The SMILES string of the molecule is C=CCNC(=O)C(=O)NCC1OCCCN1S(=O)(=O)c1ccc(C)cc1. The minimum absolute atomic E-state index is 0.120. The zero-order chi connectivity index (χ0) is 19.2. The van der Waals surface area contributed by atoms with Crippen LogP contribution in [0.1, 0.15) is 12.0 Å². The Morgan fingerprint density at radius 1 is 1.27 bits per heavy atom. The highest BCUT2D eigenvalue weighted by Crippen LogP contribution is 2.22. The highest BCUT2D eigenvalue weighted by atomic mass is 32.2. The largest absolute Gasteiger partial charge is 0.360 e. The molecule has 1 aromatic carbocycles. The Kier molecular flexibility index (Phi) is 6.90. The lowest BCUT2D eigenvalue weighted by Crippen LogP contribution is -2.53. The van der Waals surface area contributed by atoms with Crippen molar-refractivity contribution >= 4 is 21.8 Å². The van der Waals surface area contributed by atoms with E-state index in [4.69, 9.17) is 4.74 Å². The lowest BCUT2D eigenvalue weighted by molar-refractivity contribution is -0.140. The number of carbonyl (C=O) groups is 2. The van der Waals surface area contributed by atoms with Crippen LogP contribution in [0.4, 0.5) is 0 Å². The lowest BCUT2D eigenvalue weighted by Gasteiger charge is -2.34. The second kappa shape index (κ2) is 8.93. The molecule has 0 aliphatic carbocycles. The number of nitrogens with zero attached hydrogens (tertiary/aromatic N) is 1. The molecular weight excluding hydrogens is 358 g/mol. The normalized spacial score (nSPS) is 18.1. The molecule has 1 aliphatic heterocycles. The van der Waals surface area contributed by atoms with E-state index in [1.807, 2.05) is 6.92 Å². The first kappa shape index (κ1) is 20.1. The van der Waals surface area contributed by atoms with Gasteiger partial charge < -0.3 is 15.4 Å². The number of hydrogen-bond donors (Lipinski definition) is 2. The molecule has 142 valence electrons. The molecular formula is C17H23N3O5S. The Morgan fingerprint density at radius 2 is 1.92 bits per heavy atom. The van der Waals surface area contributed by atoms with Gasteiger partial charge in [-0.15, -0.1) is 6.58 Å². The van der Waals surface area contributed by atoms with Crippen LogP contribution in [0.15, 0.2) is 41.8 Å². The molecule has 0 bridgehead atoms. The van der Waals surface area contributed by atoms with E-state index >= 15 is 0 Å². The van der Waals surface area contributed by atoms with Crippen molar-refractivity contribution in [2.24, 2.45) is 0 Å². The van der Waals surface area contributed by atoms with E-state index in [1.54, 1.807) is 12.1 Å². The number of rotatable bonds is 6. The van der Waals surface area contributed by atoms with Crippen molar-refractivity contribution in [2.75, 3.05) is 26.2 Å². The van der Waals surface area contributed by atoms with E-state index < -0.39 is 28.1 Å². The molecule has 0 spiro atoms. The summed E-state index contributed by atoms with van der Waals surface area (Å²) in [6, 6.07) is 6.52. The number of sulfonamides is 1. The Labute approximate surface area is 153 Å². The van der Waals surface area contributed by atoms with Gasteiger partial charge in [-0.2, -0.15) is 4.31 Å². The molecule has 1 heterocycles. The van der Waals surface area contributed by atoms with Crippen LogP contribution in [0, 0.1) is 6.92 Å². The second-order valence-corrected chi connectivity index (χ2v) is 7.71. The molecule has 9 heteroatoms. The van der Waals surface area contributed by atoms with E-state index in [0.29, 0.717) is 13.0 Å². The minimum atomic E-state index is -3.77. The average Bonchev–Trinajstić information content (AvgIpc) is 2.64. The van der Waals surface area contributed by atoms with E-state index in [1.165, 1.54) is 22.5 Å². The fourth-order valence-electron chi connectivity index (χ4n) is 2.45. The molecule has 0 aromatic heterocycles. The number of hydrogen-bond acceptors (Lipinski definition) is 5. The van der Waals surface area contributed by atoms with E-state index in [9.17, 15) is 18.0 Å². The maximum atomic E-state index is 12.9. The average molecular weight is 381 g/mol. The number of benzene rings is 1. The van der Waals surface area contributed by atoms with E-state index in [0.717, 1.165) is 5.56 Å². The van der Waals surface area contributed by atoms with Crippen LogP contribution in [-0.4, -0.2) is 57.0 Å². The van der Waals surface area contributed by atoms with Crippen molar-refractivity contribution in [2.45, 2.75) is 24.5 Å². The zero-order valence-corrected chi connectivity index (χ0v) is 15.4. The van der Waals surface area contributed by atoms with E-state index in [-0.39, 0.29) is 24.5 Å². The zero-order valence-electron chi connectivity index (χ0n) is 14.6. The standard InChI is InChI=1S/C17H23N3O5S/c1-3-9-18-16(21)17(22)19-12-15-20(10-4-11-25-15)26(23,24)14-7-5-13(2)6-8-14/h3,5-8,15H,1,4,9-12H2,2H3,(H,18,21)(H,19,22). The van der Waals surface area contributed by atoms with Gasteiger partial charge in [0.05, 0.1) is 18.0 Å². The maximum Gasteiger partial charge on any atom is 0.309 e. The van der Waals surface area contributed by atoms with Crippen molar-refractivity contribution in [3.8, 4) is 0 Å². The van der Waals surface area contributed by atoms with Crippen molar-refractivity contribution in [3.05, 3.63) is 42.5 Å². The van der Waals surface area contributed by atoms with E-state index in [2.05, 4.69) is 17.2 Å². The topological polar surface area (TPSA) is 105 Å². The molecule has 0 radical (unpaired) electrons. The van der Waals surface area contributed by atoms with Crippen LogP contribution in [0.25, 0.3) is 0 Å². The predicted octanol–water partition coefficient (Wildman–Crippen LogP) is 0.151. The fraction of sp³-hybridized carbons (Fsp3) is 0.412. The van der Waals surface area contributed by atoms with Gasteiger partial charge in [0.1, 0.15) is 6.23 Å². The molecule has 1 atom stereocenters. The van der Waals surface area contributed by atoms with Gasteiger partial charge in [0.15, 0.2) is 0 Å². The smallest absolute Gasteiger partial charge is 0.309 e. The Bertz CT molecular complexity index is 761. The molecule has 1 unspecified atom stereocenters. The minimum Gasteiger partial charge on any atom is -0.360 e. The molecule has 1 fully saturated rings. The fourth-order valence-corrected chi connectivity index (χ4v) is 4.02. The summed E-state index contributed by atoms with van der Waals surface area (Å²) < 4.78 is 32.5. The van der Waals surface area contributed by atoms with Gasteiger partial charge in [-0.3, -0.25) is 9.59 Å². The van der Waals surface area contributed by atoms with Gasteiger partial charge in [0.25, 0.3) is 0 Å². The summed E-state index contributed by atoms with van der Waals surface area (Å²) in [4.78, 5) is 23.5. The number of nitrogens with one attached hydrogen (secondary N) is 2. The van der Waals surface area contributed by atoms with Crippen molar-refractivity contribution in [1.29, 1.82) is 0 Å². The monoisotopic (exact) mass is 381 g/mol. The Balaban J connectivity index is 2.07. The summed E-state index contributed by atoms with van der Waals surface area (Å²) in [5.41, 5.74) is 0.952. The van der Waals surface area contributed by atoms with Crippen molar-refractivity contribution < 1.29 is 22.7 Å².